The number of halogens is 1. The molecule has 0 saturated carbocycles. The monoisotopic (exact) mass is 404 g/mol. The number of aromatic carboxylic acids is 1. The molecule has 0 spiro atoms. The molecule has 0 aliphatic carbocycles. The summed E-state index contributed by atoms with van der Waals surface area (Å²) in [6.07, 6.45) is 0. The molecule has 0 aromatic heterocycles. The van der Waals surface area contributed by atoms with Crippen LogP contribution in [0.5, 0.6) is 11.5 Å². The van der Waals surface area contributed by atoms with Gasteiger partial charge in [-0.2, -0.15) is 0 Å². The molecule has 1 atom stereocenters. The maximum atomic E-state index is 13.4. The summed E-state index contributed by atoms with van der Waals surface area (Å²) < 4.78 is 19.1. The SMILES string of the molecule is [C-]#[N+]c1ccc(Oc2cccc(F)c2)c(C(=O)N[C@@H](C)c2ccc(C(=O)O)cc2)c1. The van der Waals surface area contributed by atoms with E-state index in [1.54, 1.807) is 25.1 Å². The van der Waals surface area contributed by atoms with E-state index in [1.165, 1.54) is 48.5 Å². The highest BCUT2D eigenvalue weighted by Gasteiger charge is 2.18. The number of ether oxygens (including phenoxy) is 1. The summed E-state index contributed by atoms with van der Waals surface area (Å²) in [5, 5.41) is 11.8. The molecule has 0 fully saturated rings. The van der Waals surface area contributed by atoms with Gasteiger partial charge >= 0.3 is 5.97 Å². The Morgan fingerprint density at radius 2 is 1.83 bits per heavy atom. The molecule has 1 amide bonds. The van der Waals surface area contributed by atoms with Crippen molar-refractivity contribution in [1.29, 1.82) is 0 Å². The predicted octanol–water partition coefficient (Wildman–Crippen LogP) is 5.36. The van der Waals surface area contributed by atoms with Gasteiger partial charge in [0.15, 0.2) is 5.69 Å². The topological polar surface area (TPSA) is 80.0 Å². The Kier molecular flexibility index (Phi) is 6.08. The Bertz CT molecular complexity index is 1140. The second kappa shape index (κ2) is 8.88. The lowest BCUT2D eigenvalue weighted by Gasteiger charge is -2.17. The third-order valence-corrected chi connectivity index (χ3v) is 4.37. The number of nitrogens with zero attached hydrogens (tertiary/aromatic N) is 1. The molecule has 0 unspecified atom stereocenters. The molecule has 0 bridgehead atoms. The van der Waals surface area contributed by atoms with E-state index in [2.05, 4.69) is 10.2 Å². The van der Waals surface area contributed by atoms with Crippen LogP contribution < -0.4 is 10.1 Å². The van der Waals surface area contributed by atoms with Crippen LogP contribution in [-0.4, -0.2) is 17.0 Å². The van der Waals surface area contributed by atoms with Gasteiger partial charge in [-0.05, 0) is 48.9 Å². The Morgan fingerprint density at radius 3 is 2.47 bits per heavy atom. The highest BCUT2D eigenvalue weighted by molar-refractivity contribution is 5.98. The van der Waals surface area contributed by atoms with Gasteiger partial charge in [-0.25, -0.2) is 14.0 Å². The maximum absolute atomic E-state index is 13.4. The number of rotatable bonds is 6. The highest BCUT2D eigenvalue weighted by atomic mass is 19.1. The van der Waals surface area contributed by atoms with Crippen molar-refractivity contribution in [1.82, 2.24) is 5.32 Å². The number of benzene rings is 3. The number of carboxylic acids is 1. The Morgan fingerprint density at radius 1 is 1.10 bits per heavy atom. The molecule has 3 rings (SSSR count). The Balaban J connectivity index is 1.84. The number of carbonyl (C=O) groups excluding carboxylic acids is 1. The van der Waals surface area contributed by atoms with Gasteiger partial charge in [0.05, 0.1) is 23.7 Å². The first kappa shape index (κ1) is 20.6. The lowest BCUT2D eigenvalue weighted by molar-refractivity contribution is 0.0696. The first-order valence-corrected chi connectivity index (χ1v) is 8.96. The number of nitrogens with one attached hydrogen (secondary N) is 1. The largest absolute Gasteiger partial charge is 0.478 e. The minimum Gasteiger partial charge on any atom is -0.478 e. The van der Waals surface area contributed by atoms with Gasteiger partial charge in [0.1, 0.15) is 17.3 Å². The van der Waals surface area contributed by atoms with Gasteiger partial charge in [-0.15, -0.1) is 0 Å². The van der Waals surface area contributed by atoms with Crippen molar-refractivity contribution in [3.63, 3.8) is 0 Å². The van der Waals surface area contributed by atoms with E-state index in [0.29, 0.717) is 5.56 Å². The van der Waals surface area contributed by atoms with Crippen molar-refractivity contribution >= 4 is 17.6 Å². The number of carbonyl (C=O) groups is 2. The predicted molar refractivity (Wildman–Crippen MR) is 108 cm³/mol. The van der Waals surface area contributed by atoms with E-state index in [1.807, 2.05) is 0 Å². The number of carboxylic acid groups (broad SMARTS) is 1. The van der Waals surface area contributed by atoms with Crippen LogP contribution in [-0.2, 0) is 0 Å². The second-order valence-electron chi connectivity index (χ2n) is 6.47. The van der Waals surface area contributed by atoms with Gasteiger partial charge < -0.3 is 15.2 Å². The van der Waals surface area contributed by atoms with E-state index in [4.69, 9.17) is 16.4 Å². The molecular weight excluding hydrogens is 387 g/mol. The number of amides is 1. The van der Waals surface area contributed by atoms with Crippen LogP contribution in [0.15, 0.2) is 66.7 Å². The molecule has 0 radical (unpaired) electrons. The molecule has 0 aliphatic rings. The fraction of sp³-hybridized carbons (Fsp3) is 0.0870. The van der Waals surface area contributed by atoms with Crippen LogP contribution in [0.3, 0.4) is 0 Å². The zero-order valence-electron chi connectivity index (χ0n) is 15.9. The van der Waals surface area contributed by atoms with Crippen molar-refractivity contribution in [3.05, 3.63) is 101 Å². The average Bonchev–Trinajstić information content (AvgIpc) is 2.74. The molecule has 3 aromatic rings. The van der Waals surface area contributed by atoms with Crippen LogP contribution in [0.4, 0.5) is 10.1 Å². The van der Waals surface area contributed by atoms with Crippen LogP contribution in [0, 0.1) is 12.4 Å². The van der Waals surface area contributed by atoms with E-state index in [-0.39, 0.29) is 28.3 Å². The summed E-state index contributed by atoms with van der Waals surface area (Å²) in [6, 6.07) is 15.6. The summed E-state index contributed by atoms with van der Waals surface area (Å²) in [5.41, 5.74) is 1.24. The fourth-order valence-electron chi connectivity index (χ4n) is 2.78. The van der Waals surface area contributed by atoms with Gasteiger partial charge in [0, 0.05) is 6.07 Å². The van der Waals surface area contributed by atoms with Crippen LogP contribution in [0.1, 0.15) is 39.2 Å². The summed E-state index contributed by atoms with van der Waals surface area (Å²) in [5.74, 6) is -1.60. The van der Waals surface area contributed by atoms with Crippen molar-refractivity contribution in [2.75, 3.05) is 0 Å². The molecule has 0 aliphatic heterocycles. The quantitative estimate of drug-likeness (QED) is 0.542. The minimum atomic E-state index is -1.03. The molecule has 0 heterocycles. The maximum Gasteiger partial charge on any atom is 0.335 e. The third-order valence-electron chi connectivity index (χ3n) is 4.37. The van der Waals surface area contributed by atoms with E-state index >= 15 is 0 Å². The summed E-state index contributed by atoms with van der Waals surface area (Å²) in [7, 11) is 0. The Labute approximate surface area is 172 Å². The molecule has 7 heteroatoms. The molecule has 150 valence electrons. The standard InChI is InChI=1S/C23H17FN2O4/c1-14(15-6-8-16(9-7-15)23(28)29)26-22(27)20-13-18(25-2)10-11-21(20)30-19-5-3-4-17(24)12-19/h3-14H,1H3,(H,26,27)(H,28,29)/t14-/m0/s1. The van der Waals surface area contributed by atoms with Gasteiger partial charge in [0.25, 0.3) is 5.91 Å². The third kappa shape index (κ3) is 4.80. The molecule has 2 N–H and O–H groups in total. The molecule has 0 saturated heterocycles. The van der Waals surface area contributed by atoms with Crippen molar-refractivity contribution < 1.29 is 23.8 Å². The fourth-order valence-corrected chi connectivity index (χ4v) is 2.78. The van der Waals surface area contributed by atoms with E-state index < -0.39 is 23.7 Å². The van der Waals surface area contributed by atoms with E-state index in [9.17, 15) is 14.0 Å². The average molecular weight is 404 g/mol. The Hall–Kier alpha value is -4.18. The van der Waals surface area contributed by atoms with Crippen molar-refractivity contribution in [2.45, 2.75) is 13.0 Å². The summed E-state index contributed by atoms with van der Waals surface area (Å²) in [6.45, 7) is 8.94. The van der Waals surface area contributed by atoms with Crippen LogP contribution in [0.25, 0.3) is 4.85 Å². The van der Waals surface area contributed by atoms with E-state index in [0.717, 1.165) is 0 Å². The normalized spacial score (nSPS) is 11.2. The minimum absolute atomic E-state index is 0.127. The second-order valence-corrected chi connectivity index (χ2v) is 6.47. The number of hydrogen-bond acceptors (Lipinski definition) is 3. The summed E-state index contributed by atoms with van der Waals surface area (Å²) >= 11 is 0. The first-order chi connectivity index (χ1) is 14.4. The van der Waals surface area contributed by atoms with Gasteiger partial charge in [-0.3, -0.25) is 4.79 Å². The summed E-state index contributed by atoms with van der Waals surface area (Å²) in [4.78, 5) is 27.2. The zero-order valence-corrected chi connectivity index (χ0v) is 15.9. The number of hydrogen-bond donors (Lipinski definition) is 2. The van der Waals surface area contributed by atoms with Crippen LogP contribution in [0.2, 0.25) is 0 Å². The zero-order chi connectivity index (χ0) is 21.7. The smallest absolute Gasteiger partial charge is 0.335 e. The highest BCUT2D eigenvalue weighted by Crippen LogP contribution is 2.30. The first-order valence-electron chi connectivity index (χ1n) is 8.96. The van der Waals surface area contributed by atoms with Crippen molar-refractivity contribution in [2.24, 2.45) is 0 Å². The van der Waals surface area contributed by atoms with Gasteiger partial charge in [-0.1, -0.05) is 24.3 Å². The lowest BCUT2D eigenvalue weighted by Crippen LogP contribution is -2.27. The molecule has 3 aromatic carbocycles. The van der Waals surface area contributed by atoms with Crippen molar-refractivity contribution in [3.8, 4) is 11.5 Å². The lowest BCUT2D eigenvalue weighted by atomic mass is 10.1. The van der Waals surface area contributed by atoms with Crippen LogP contribution >= 0.6 is 0 Å². The molecular formula is C23H17FN2O4. The molecule has 30 heavy (non-hydrogen) atoms. The van der Waals surface area contributed by atoms with Gasteiger partial charge in [0.2, 0.25) is 0 Å². The molecule has 6 nitrogen and oxygen atoms in total.